The van der Waals surface area contributed by atoms with E-state index >= 15 is 0 Å². The second-order valence-corrected chi connectivity index (χ2v) is 4.54. The Morgan fingerprint density at radius 1 is 1.50 bits per heavy atom. The van der Waals surface area contributed by atoms with E-state index in [1.807, 2.05) is 12.1 Å². The van der Waals surface area contributed by atoms with Crippen LogP contribution in [0.25, 0.3) is 0 Å². The van der Waals surface area contributed by atoms with Crippen molar-refractivity contribution in [2.75, 3.05) is 25.2 Å². The molecule has 0 fully saturated rings. The fourth-order valence-corrected chi connectivity index (χ4v) is 2.25. The van der Waals surface area contributed by atoms with Crippen LogP contribution in [0.1, 0.15) is 16.2 Å². The number of pyridine rings is 1. The van der Waals surface area contributed by atoms with Crippen LogP contribution in [0.3, 0.4) is 0 Å². The molecule has 1 aliphatic rings. The molecule has 2 aromatic rings. The summed E-state index contributed by atoms with van der Waals surface area (Å²) in [7, 11) is 1.62. The van der Waals surface area contributed by atoms with Crippen LogP contribution in [0.2, 0.25) is 0 Å². The minimum absolute atomic E-state index is 0.139. The van der Waals surface area contributed by atoms with Gasteiger partial charge in [0.2, 0.25) is 0 Å². The standard InChI is InChI=1S/C13H15N5O2/c1-20-8-7-17-9-11(15-16-17)13(19)18-6-4-10-12(18)3-2-5-14-10/h2-3,5,9H,4,6-8H2,1H3. The largest absolute Gasteiger partial charge is 0.383 e. The number of hydrogen-bond acceptors (Lipinski definition) is 5. The second-order valence-electron chi connectivity index (χ2n) is 4.54. The first-order valence-corrected chi connectivity index (χ1v) is 6.44. The molecule has 1 amide bonds. The van der Waals surface area contributed by atoms with E-state index in [9.17, 15) is 4.79 Å². The maximum atomic E-state index is 12.4. The average molecular weight is 273 g/mol. The highest BCUT2D eigenvalue weighted by molar-refractivity contribution is 6.05. The molecule has 20 heavy (non-hydrogen) atoms. The van der Waals surface area contributed by atoms with Gasteiger partial charge in [-0.15, -0.1) is 5.10 Å². The molecule has 0 aromatic carbocycles. The maximum Gasteiger partial charge on any atom is 0.280 e. The van der Waals surface area contributed by atoms with Gasteiger partial charge in [0.05, 0.1) is 30.7 Å². The van der Waals surface area contributed by atoms with E-state index in [0.717, 1.165) is 17.8 Å². The molecule has 0 radical (unpaired) electrons. The topological polar surface area (TPSA) is 73.1 Å². The molecule has 7 heteroatoms. The molecule has 104 valence electrons. The van der Waals surface area contributed by atoms with Crippen molar-refractivity contribution in [2.24, 2.45) is 0 Å². The quantitative estimate of drug-likeness (QED) is 0.812. The van der Waals surface area contributed by atoms with Gasteiger partial charge in [-0.25, -0.2) is 4.68 Å². The monoisotopic (exact) mass is 273 g/mol. The number of rotatable bonds is 4. The number of fused-ring (bicyclic) bond motifs is 1. The summed E-state index contributed by atoms with van der Waals surface area (Å²) < 4.78 is 6.58. The van der Waals surface area contributed by atoms with Crippen molar-refractivity contribution in [3.63, 3.8) is 0 Å². The number of nitrogens with zero attached hydrogens (tertiary/aromatic N) is 5. The zero-order valence-corrected chi connectivity index (χ0v) is 11.2. The smallest absolute Gasteiger partial charge is 0.280 e. The molecular formula is C13H15N5O2. The number of methoxy groups -OCH3 is 1. The summed E-state index contributed by atoms with van der Waals surface area (Å²) in [6, 6.07) is 3.74. The maximum absolute atomic E-state index is 12.4. The van der Waals surface area contributed by atoms with Crippen LogP contribution in [0.15, 0.2) is 24.5 Å². The van der Waals surface area contributed by atoms with Crippen LogP contribution in [0.5, 0.6) is 0 Å². The van der Waals surface area contributed by atoms with E-state index in [2.05, 4.69) is 15.3 Å². The molecule has 0 atom stereocenters. The summed E-state index contributed by atoms with van der Waals surface area (Å²) in [5.41, 5.74) is 2.16. The van der Waals surface area contributed by atoms with Crippen molar-refractivity contribution in [3.05, 3.63) is 35.9 Å². The van der Waals surface area contributed by atoms with Crippen molar-refractivity contribution >= 4 is 11.6 Å². The van der Waals surface area contributed by atoms with Crippen molar-refractivity contribution < 1.29 is 9.53 Å². The molecule has 1 aliphatic heterocycles. The number of carbonyl (C=O) groups is 1. The highest BCUT2D eigenvalue weighted by Gasteiger charge is 2.27. The number of amides is 1. The lowest BCUT2D eigenvalue weighted by Crippen LogP contribution is -2.29. The Hall–Kier alpha value is -2.28. The fourth-order valence-electron chi connectivity index (χ4n) is 2.25. The summed E-state index contributed by atoms with van der Waals surface area (Å²) in [5, 5.41) is 7.86. The summed E-state index contributed by atoms with van der Waals surface area (Å²) >= 11 is 0. The first kappa shape index (κ1) is 12.7. The summed E-state index contributed by atoms with van der Waals surface area (Å²) in [6.07, 6.45) is 4.17. The number of anilines is 1. The molecule has 7 nitrogen and oxygen atoms in total. The Labute approximate surface area is 116 Å². The van der Waals surface area contributed by atoms with Crippen LogP contribution < -0.4 is 4.90 Å². The predicted molar refractivity (Wildman–Crippen MR) is 71.5 cm³/mol. The lowest BCUT2D eigenvalue weighted by Gasteiger charge is -2.14. The van der Waals surface area contributed by atoms with Crippen LogP contribution in [-0.4, -0.2) is 46.1 Å². The zero-order valence-electron chi connectivity index (χ0n) is 11.2. The van der Waals surface area contributed by atoms with Crippen LogP contribution >= 0.6 is 0 Å². The van der Waals surface area contributed by atoms with Crippen LogP contribution in [0, 0.1) is 0 Å². The zero-order chi connectivity index (χ0) is 13.9. The predicted octanol–water partition coefficient (Wildman–Crippen LogP) is 0.522. The normalized spacial score (nSPS) is 13.6. The van der Waals surface area contributed by atoms with E-state index in [0.29, 0.717) is 25.4 Å². The number of aromatic nitrogens is 4. The molecule has 0 unspecified atom stereocenters. The van der Waals surface area contributed by atoms with E-state index < -0.39 is 0 Å². The van der Waals surface area contributed by atoms with Gasteiger partial charge in [-0.05, 0) is 12.1 Å². The molecule has 0 saturated carbocycles. The molecule has 0 N–H and O–H groups in total. The van der Waals surface area contributed by atoms with Gasteiger partial charge in [0.25, 0.3) is 5.91 Å². The van der Waals surface area contributed by atoms with Gasteiger partial charge < -0.3 is 9.64 Å². The average Bonchev–Trinajstić information content (AvgIpc) is 3.11. The third-order valence-corrected chi connectivity index (χ3v) is 3.26. The molecule has 0 saturated heterocycles. The number of carbonyl (C=O) groups excluding carboxylic acids is 1. The van der Waals surface area contributed by atoms with Crippen LogP contribution in [-0.2, 0) is 17.7 Å². The Kier molecular flexibility index (Phi) is 3.42. The van der Waals surface area contributed by atoms with Crippen molar-refractivity contribution in [1.82, 2.24) is 20.0 Å². The van der Waals surface area contributed by atoms with Gasteiger partial charge in [0, 0.05) is 26.3 Å². The van der Waals surface area contributed by atoms with E-state index in [1.165, 1.54) is 0 Å². The molecule has 0 bridgehead atoms. The number of ether oxygens (including phenoxy) is 1. The molecule has 3 heterocycles. The molecule has 2 aromatic heterocycles. The van der Waals surface area contributed by atoms with Crippen molar-refractivity contribution in [2.45, 2.75) is 13.0 Å². The van der Waals surface area contributed by atoms with Gasteiger partial charge in [-0.3, -0.25) is 9.78 Å². The Bertz CT molecular complexity index is 625. The molecular weight excluding hydrogens is 258 g/mol. The van der Waals surface area contributed by atoms with Crippen molar-refractivity contribution in [3.8, 4) is 0 Å². The van der Waals surface area contributed by atoms with E-state index in [-0.39, 0.29) is 5.91 Å². The van der Waals surface area contributed by atoms with E-state index in [4.69, 9.17) is 4.74 Å². The number of hydrogen-bond donors (Lipinski definition) is 0. The third kappa shape index (κ3) is 2.27. The van der Waals surface area contributed by atoms with Crippen molar-refractivity contribution in [1.29, 1.82) is 0 Å². The SMILES string of the molecule is COCCn1cc(C(=O)N2CCc3ncccc32)nn1. The van der Waals surface area contributed by atoms with Gasteiger partial charge in [0.15, 0.2) is 5.69 Å². The highest BCUT2D eigenvalue weighted by Crippen LogP contribution is 2.26. The Morgan fingerprint density at radius 3 is 3.25 bits per heavy atom. The third-order valence-electron chi connectivity index (χ3n) is 3.26. The summed E-state index contributed by atoms with van der Waals surface area (Å²) in [6.45, 7) is 1.75. The second kappa shape index (κ2) is 5.38. The minimum atomic E-state index is -0.139. The summed E-state index contributed by atoms with van der Waals surface area (Å²) in [5.74, 6) is -0.139. The lowest BCUT2D eigenvalue weighted by molar-refractivity contribution is 0.0984. The van der Waals surface area contributed by atoms with Gasteiger partial charge in [-0.1, -0.05) is 5.21 Å². The van der Waals surface area contributed by atoms with Crippen LogP contribution in [0.4, 0.5) is 5.69 Å². The highest BCUT2D eigenvalue weighted by atomic mass is 16.5. The molecule has 3 rings (SSSR count). The lowest BCUT2D eigenvalue weighted by atomic mass is 10.3. The van der Waals surface area contributed by atoms with E-state index in [1.54, 1.807) is 29.1 Å². The first-order chi connectivity index (χ1) is 9.79. The van der Waals surface area contributed by atoms with Gasteiger partial charge in [0.1, 0.15) is 0 Å². The summed E-state index contributed by atoms with van der Waals surface area (Å²) in [4.78, 5) is 18.4. The Morgan fingerprint density at radius 2 is 2.40 bits per heavy atom. The molecule has 0 spiro atoms. The molecule has 0 aliphatic carbocycles. The van der Waals surface area contributed by atoms with Gasteiger partial charge in [-0.2, -0.15) is 0 Å². The minimum Gasteiger partial charge on any atom is -0.383 e. The first-order valence-electron chi connectivity index (χ1n) is 6.44. The fraction of sp³-hybridized carbons (Fsp3) is 0.385. The Balaban J connectivity index is 1.78. The van der Waals surface area contributed by atoms with Gasteiger partial charge >= 0.3 is 0 Å².